The minimum absolute atomic E-state index is 0.0958. The summed E-state index contributed by atoms with van der Waals surface area (Å²) in [6.07, 6.45) is 0.780. The molecule has 0 saturated carbocycles. The molecule has 0 bridgehead atoms. The number of carbonyl (C=O) groups is 2. The maximum Gasteiger partial charge on any atom is 0.251 e. The Morgan fingerprint density at radius 2 is 1.81 bits per heavy atom. The molecule has 1 atom stereocenters. The van der Waals surface area contributed by atoms with Crippen molar-refractivity contribution in [1.29, 1.82) is 0 Å². The van der Waals surface area contributed by atoms with E-state index in [0.717, 1.165) is 0 Å². The number of amides is 2. The van der Waals surface area contributed by atoms with Crippen LogP contribution in [0.15, 0.2) is 48.5 Å². The first kappa shape index (κ1) is 19.9. The summed E-state index contributed by atoms with van der Waals surface area (Å²) in [7, 11) is 1.66. The van der Waals surface area contributed by atoms with Gasteiger partial charge in [-0.1, -0.05) is 29.8 Å². The van der Waals surface area contributed by atoms with Gasteiger partial charge in [0.1, 0.15) is 5.82 Å². The van der Waals surface area contributed by atoms with Gasteiger partial charge in [-0.05, 0) is 43.7 Å². The SMILES string of the molecule is C[C@@H](c1ccccc1F)N(C)C(=O)CCCNC(=O)c1ccc(Cl)cc1. The quantitative estimate of drug-likeness (QED) is 0.736. The molecule has 26 heavy (non-hydrogen) atoms. The van der Waals surface area contributed by atoms with E-state index in [1.54, 1.807) is 56.4 Å². The van der Waals surface area contributed by atoms with Crippen LogP contribution in [-0.2, 0) is 4.79 Å². The molecule has 4 nitrogen and oxygen atoms in total. The molecule has 0 heterocycles. The standard InChI is InChI=1S/C20H22ClFN2O2/c1-14(17-6-3-4-7-18(17)22)24(2)19(25)8-5-13-23-20(26)15-9-11-16(21)12-10-15/h3-4,6-7,9-12,14H,5,8,13H2,1-2H3,(H,23,26)/t14-/m0/s1. The van der Waals surface area contributed by atoms with Crippen LogP contribution in [0, 0.1) is 5.82 Å². The molecular formula is C20H22ClFN2O2. The summed E-state index contributed by atoms with van der Waals surface area (Å²) in [6, 6.07) is 12.7. The third kappa shape index (κ3) is 5.30. The van der Waals surface area contributed by atoms with E-state index in [4.69, 9.17) is 11.6 Å². The molecule has 0 saturated heterocycles. The molecular weight excluding hydrogens is 355 g/mol. The van der Waals surface area contributed by atoms with Crippen molar-refractivity contribution in [1.82, 2.24) is 10.2 Å². The van der Waals surface area contributed by atoms with Crippen LogP contribution in [0.4, 0.5) is 4.39 Å². The van der Waals surface area contributed by atoms with Gasteiger partial charge in [0.15, 0.2) is 0 Å². The van der Waals surface area contributed by atoms with Gasteiger partial charge in [-0.15, -0.1) is 0 Å². The molecule has 6 heteroatoms. The van der Waals surface area contributed by atoms with Gasteiger partial charge in [0.2, 0.25) is 5.91 Å². The van der Waals surface area contributed by atoms with E-state index in [1.165, 1.54) is 11.0 Å². The number of benzene rings is 2. The zero-order chi connectivity index (χ0) is 19.1. The molecule has 1 N–H and O–H groups in total. The summed E-state index contributed by atoms with van der Waals surface area (Å²) in [5.41, 5.74) is 1.01. The number of carbonyl (C=O) groups excluding carboxylic acids is 2. The van der Waals surface area contributed by atoms with Gasteiger partial charge >= 0.3 is 0 Å². The first-order valence-corrected chi connectivity index (χ1v) is 8.82. The lowest BCUT2D eigenvalue weighted by atomic mass is 10.1. The van der Waals surface area contributed by atoms with E-state index in [0.29, 0.717) is 29.1 Å². The maximum atomic E-state index is 13.9. The molecule has 0 unspecified atom stereocenters. The summed E-state index contributed by atoms with van der Waals surface area (Å²) in [6.45, 7) is 2.17. The van der Waals surface area contributed by atoms with Crippen molar-refractivity contribution in [2.24, 2.45) is 0 Å². The highest BCUT2D eigenvalue weighted by Gasteiger charge is 2.19. The Labute approximate surface area is 158 Å². The number of hydrogen-bond acceptors (Lipinski definition) is 2. The van der Waals surface area contributed by atoms with Gasteiger partial charge < -0.3 is 10.2 Å². The van der Waals surface area contributed by atoms with Crippen LogP contribution in [0.25, 0.3) is 0 Å². The molecule has 2 aromatic rings. The average Bonchev–Trinajstić information content (AvgIpc) is 2.64. The molecule has 2 rings (SSSR count). The van der Waals surface area contributed by atoms with Crippen LogP contribution in [0.5, 0.6) is 0 Å². The molecule has 0 aliphatic carbocycles. The Kier molecular flexibility index (Phi) is 7.16. The van der Waals surface area contributed by atoms with Crippen LogP contribution in [-0.4, -0.2) is 30.3 Å². The first-order chi connectivity index (χ1) is 12.4. The van der Waals surface area contributed by atoms with Crippen LogP contribution < -0.4 is 5.32 Å². The molecule has 0 aliphatic heterocycles. The van der Waals surface area contributed by atoms with Gasteiger partial charge in [-0.25, -0.2) is 4.39 Å². The highest BCUT2D eigenvalue weighted by molar-refractivity contribution is 6.30. The Hall–Kier alpha value is -2.40. The minimum Gasteiger partial charge on any atom is -0.352 e. The predicted octanol–water partition coefficient (Wildman–Crippen LogP) is 4.21. The zero-order valence-corrected chi connectivity index (χ0v) is 15.6. The summed E-state index contributed by atoms with van der Waals surface area (Å²) in [4.78, 5) is 25.8. The van der Waals surface area contributed by atoms with Crippen LogP contribution in [0.1, 0.15) is 41.7 Å². The highest BCUT2D eigenvalue weighted by atomic mass is 35.5. The normalized spacial score (nSPS) is 11.7. The number of nitrogens with one attached hydrogen (secondary N) is 1. The smallest absolute Gasteiger partial charge is 0.251 e. The number of nitrogens with zero attached hydrogens (tertiary/aromatic N) is 1. The number of hydrogen-bond donors (Lipinski definition) is 1. The van der Waals surface area contributed by atoms with Crippen molar-refractivity contribution in [3.8, 4) is 0 Å². The third-order valence-corrected chi connectivity index (χ3v) is 4.54. The Bertz CT molecular complexity index is 765. The Morgan fingerprint density at radius 3 is 2.46 bits per heavy atom. The molecule has 0 aliphatic rings. The van der Waals surface area contributed by atoms with Crippen molar-refractivity contribution in [3.63, 3.8) is 0 Å². The monoisotopic (exact) mass is 376 g/mol. The van der Waals surface area contributed by atoms with E-state index in [9.17, 15) is 14.0 Å². The molecule has 0 radical (unpaired) electrons. The molecule has 138 valence electrons. The van der Waals surface area contributed by atoms with Crippen LogP contribution >= 0.6 is 11.6 Å². The topological polar surface area (TPSA) is 49.4 Å². The van der Waals surface area contributed by atoms with Gasteiger partial charge in [0, 0.05) is 36.2 Å². The van der Waals surface area contributed by atoms with E-state index >= 15 is 0 Å². The molecule has 2 aromatic carbocycles. The maximum absolute atomic E-state index is 13.9. The predicted molar refractivity (Wildman–Crippen MR) is 101 cm³/mol. The number of rotatable bonds is 7. The van der Waals surface area contributed by atoms with Crippen LogP contribution in [0.3, 0.4) is 0 Å². The van der Waals surface area contributed by atoms with Gasteiger partial charge in [0.05, 0.1) is 6.04 Å². The van der Waals surface area contributed by atoms with E-state index in [-0.39, 0.29) is 30.1 Å². The molecule has 0 fully saturated rings. The van der Waals surface area contributed by atoms with E-state index in [2.05, 4.69) is 5.32 Å². The van der Waals surface area contributed by atoms with Gasteiger partial charge in [-0.2, -0.15) is 0 Å². The van der Waals surface area contributed by atoms with Gasteiger partial charge in [0.25, 0.3) is 5.91 Å². The fourth-order valence-corrected chi connectivity index (χ4v) is 2.69. The summed E-state index contributed by atoms with van der Waals surface area (Å²) in [5, 5.41) is 3.34. The second kappa shape index (κ2) is 9.34. The van der Waals surface area contributed by atoms with Crippen LogP contribution in [0.2, 0.25) is 5.02 Å². The van der Waals surface area contributed by atoms with Gasteiger partial charge in [-0.3, -0.25) is 9.59 Å². The van der Waals surface area contributed by atoms with Crippen molar-refractivity contribution in [3.05, 3.63) is 70.5 Å². The second-order valence-electron chi connectivity index (χ2n) is 6.07. The molecule has 2 amide bonds. The second-order valence-corrected chi connectivity index (χ2v) is 6.50. The van der Waals surface area contributed by atoms with Crippen molar-refractivity contribution in [2.75, 3.05) is 13.6 Å². The number of halogens is 2. The Balaban J connectivity index is 1.78. The summed E-state index contributed by atoms with van der Waals surface area (Å²) < 4.78 is 13.9. The summed E-state index contributed by atoms with van der Waals surface area (Å²) in [5.74, 6) is -0.626. The summed E-state index contributed by atoms with van der Waals surface area (Å²) >= 11 is 5.79. The van der Waals surface area contributed by atoms with E-state index in [1.807, 2.05) is 0 Å². The highest BCUT2D eigenvalue weighted by Crippen LogP contribution is 2.22. The lowest BCUT2D eigenvalue weighted by Gasteiger charge is -2.25. The lowest BCUT2D eigenvalue weighted by Crippen LogP contribution is -2.31. The Morgan fingerprint density at radius 1 is 1.15 bits per heavy atom. The van der Waals surface area contributed by atoms with E-state index < -0.39 is 0 Å². The van der Waals surface area contributed by atoms with Crippen molar-refractivity contribution in [2.45, 2.75) is 25.8 Å². The fourth-order valence-electron chi connectivity index (χ4n) is 2.56. The zero-order valence-electron chi connectivity index (χ0n) is 14.8. The fraction of sp³-hybridized carbons (Fsp3) is 0.300. The lowest BCUT2D eigenvalue weighted by molar-refractivity contribution is -0.131. The van der Waals surface area contributed by atoms with Crippen molar-refractivity contribution >= 4 is 23.4 Å². The minimum atomic E-state index is -0.354. The molecule has 0 aromatic heterocycles. The first-order valence-electron chi connectivity index (χ1n) is 8.44. The average molecular weight is 377 g/mol. The third-order valence-electron chi connectivity index (χ3n) is 4.29. The molecule has 0 spiro atoms. The van der Waals surface area contributed by atoms with Crippen molar-refractivity contribution < 1.29 is 14.0 Å². The largest absolute Gasteiger partial charge is 0.352 e.